The average Bonchev–Trinajstić information content (AvgIpc) is 1.58. The Morgan fingerprint density at radius 1 is 0.157 bits per heavy atom. The highest BCUT2D eigenvalue weighted by atomic mass is 15.0. The molecule has 19 aromatic carbocycles. The third-order valence-electron chi connectivity index (χ3n) is 24.6. The SMILES string of the molecule is N#Cc1cccc(-c2cccc(-c3ccc(-n4c5ccccc5c5cc(-c6ccc7c(c6)c6ccccc6n7-c6ccccc6)ccc54)cc3)c2)c1.c1ccc(-n2c3ccccc3c3cc(-c4ccc5c(c4)c4ccccc4n5-c4ccc(-c5cccc(-c6ccc(C(c7ccccc7)(c7ccccc7)c7ccccc7)cc6)c5)cc4)ccc32)cc1. The molecule has 0 aliphatic carbocycles. The summed E-state index contributed by atoms with van der Waals surface area (Å²) in [5, 5.41) is 19.4. The van der Waals surface area contributed by atoms with Crippen LogP contribution in [0.15, 0.2) is 467 Å². The molecule has 0 saturated heterocycles. The van der Waals surface area contributed by atoms with Gasteiger partial charge < -0.3 is 18.3 Å². The zero-order valence-electron chi connectivity index (χ0n) is 66.2. The summed E-state index contributed by atoms with van der Waals surface area (Å²) in [6.07, 6.45) is 0. The summed E-state index contributed by atoms with van der Waals surface area (Å²) in [5.74, 6) is 0. The number of fused-ring (bicyclic) bond motifs is 12. The quantitative estimate of drug-likeness (QED) is 0.100. The first-order valence-corrected chi connectivity index (χ1v) is 41.4. The lowest BCUT2D eigenvalue weighted by atomic mass is 9.65. The molecule has 121 heavy (non-hydrogen) atoms. The fourth-order valence-corrected chi connectivity index (χ4v) is 19.0. The summed E-state index contributed by atoms with van der Waals surface area (Å²) in [6, 6.07) is 171. The second kappa shape index (κ2) is 30.2. The van der Waals surface area contributed by atoms with Crippen LogP contribution in [0.5, 0.6) is 0 Å². The van der Waals surface area contributed by atoms with Crippen LogP contribution in [-0.4, -0.2) is 18.3 Å². The Balaban J connectivity index is 0.000000151. The van der Waals surface area contributed by atoms with Gasteiger partial charge in [0.05, 0.1) is 61.2 Å². The molecule has 0 atom stereocenters. The lowest BCUT2D eigenvalue weighted by Gasteiger charge is -2.37. The number of nitriles is 1. The van der Waals surface area contributed by atoms with Crippen LogP contribution in [0, 0.1) is 11.3 Å². The van der Waals surface area contributed by atoms with Gasteiger partial charge in [0.1, 0.15) is 0 Å². The van der Waals surface area contributed by atoms with Gasteiger partial charge in [0.25, 0.3) is 0 Å². The fourth-order valence-electron chi connectivity index (χ4n) is 19.0. The van der Waals surface area contributed by atoms with E-state index in [1.807, 2.05) is 18.2 Å². The molecule has 23 rings (SSSR count). The normalized spacial score (nSPS) is 11.6. The van der Waals surface area contributed by atoms with Crippen molar-refractivity contribution >= 4 is 87.2 Å². The first-order valence-electron chi connectivity index (χ1n) is 41.4. The van der Waals surface area contributed by atoms with Crippen molar-refractivity contribution in [3.63, 3.8) is 0 Å². The molecule has 0 unspecified atom stereocenters. The molecule has 0 radical (unpaired) electrons. The van der Waals surface area contributed by atoms with Crippen molar-refractivity contribution in [2.45, 2.75) is 5.41 Å². The Morgan fingerprint density at radius 2 is 0.380 bits per heavy atom. The lowest BCUT2D eigenvalue weighted by molar-refractivity contribution is 0.745. The van der Waals surface area contributed by atoms with Gasteiger partial charge in [-0.3, -0.25) is 0 Å². The van der Waals surface area contributed by atoms with Gasteiger partial charge in [-0.1, -0.05) is 322 Å². The molecular weight excluding hydrogens is 1460 g/mol. The monoisotopic (exact) mass is 1540 g/mol. The van der Waals surface area contributed by atoms with Crippen molar-refractivity contribution in [2.24, 2.45) is 0 Å². The third kappa shape index (κ3) is 12.5. The Morgan fingerprint density at radius 3 is 0.694 bits per heavy atom. The van der Waals surface area contributed by atoms with Crippen LogP contribution in [0.2, 0.25) is 0 Å². The van der Waals surface area contributed by atoms with Crippen LogP contribution in [0.1, 0.15) is 27.8 Å². The highest BCUT2D eigenvalue weighted by molar-refractivity contribution is 6.15. The molecule has 0 spiro atoms. The highest BCUT2D eigenvalue weighted by Gasteiger charge is 2.38. The Bertz CT molecular complexity index is 7810. The zero-order chi connectivity index (χ0) is 80.3. The molecule has 0 N–H and O–H groups in total. The van der Waals surface area contributed by atoms with Gasteiger partial charge in [-0.05, 0) is 235 Å². The van der Waals surface area contributed by atoms with Crippen molar-refractivity contribution in [3.8, 4) is 95.6 Å². The van der Waals surface area contributed by atoms with Crippen LogP contribution in [-0.2, 0) is 5.41 Å². The number of para-hydroxylation sites is 6. The average molecular weight is 1540 g/mol. The summed E-state index contributed by atoms with van der Waals surface area (Å²) in [4.78, 5) is 0. The predicted octanol–water partition coefficient (Wildman–Crippen LogP) is 30.0. The maximum absolute atomic E-state index is 9.39. The highest BCUT2D eigenvalue weighted by Crippen LogP contribution is 2.47. The van der Waals surface area contributed by atoms with E-state index < -0.39 is 5.41 Å². The van der Waals surface area contributed by atoms with Crippen LogP contribution in [0.3, 0.4) is 0 Å². The van der Waals surface area contributed by atoms with Gasteiger partial charge in [-0.15, -0.1) is 0 Å². The van der Waals surface area contributed by atoms with Crippen LogP contribution < -0.4 is 0 Å². The second-order valence-corrected chi connectivity index (χ2v) is 31.4. The van der Waals surface area contributed by atoms with Crippen LogP contribution in [0.4, 0.5) is 0 Å². The molecule has 0 aliphatic heterocycles. The van der Waals surface area contributed by atoms with E-state index in [0.29, 0.717) is 5.56 Å². The van der Waals surface area contributed by atoms with E-state index in [1.165, 1.54) is 165 Å². The molecule has 0 bridgehead atoms. The molecule has 0 aliphatic rings. The van der Waals surface area contributed by atoms with Gasteiger partial charge in [0.15, 0.2) is 0 Å². The topological polar surface area (TPSA) is 43.5 Å². The van der Waals surface area contributed by atoms with E-state index in [2.05, 4.69) is 473 Å². The third-order valence-corrected chi connectivity index (χ3v) is 24.6. The van der Waals surface area contributed by atoms with Crippen molar-refractivity contribution in [2.75, 3.05) is 0 Å². The van der Waals surface area contributed by atoms with Gasteiger partial charge in [-0.25, -0.2) is 0 Å². The molecular formula is C116H77N5. The van der Waals surface area contributed by atoms with Crippen molar-refractivity contribution in [1.29, 1.82) is 5.26 Å². The predicted molar refractivity (Wildman–Crippen MR) is 506 cm³/mol. The molecule has 23 aromatic rings. The van der Waals surface area contributed by atoms with Gasteiger partial charge in [0, 0.05) is 65.8 Å². The molecule has 5 nitrogen and oxygen atoms in total. The van der Waals surface area contributed by atoms with E-state index in [4.69, 9.17) is 0 Å². The smallest absolute Gasteiger partial charge is 0.0991 e. The number of hydrogen-bond acceptors (Lipinski definition) is 1. The van der Waals surface area contributed by atoms with Crippen LogP contribution in [0.25, 0.3) is 177 Å². The summed E-state index contributed by atoms with van der Waals surface area (Å²) in [7, 11) is 0. The summed E-state index contributed by atoms with van der Waals surface area (Å²) in [5.41, 5.74) is 33.3. The summed E-state index contributed by atoms with van der Waals surface area (Å²) >= 11 is 0. The molecule has 4 aromatic heterocycles. The standard InChI is InChI=1S/C67H46N2.C49H31N3/c1-5-20-53(21-6-1)67(54-22-7-2-8-23-54,55-24-9-3-10-25-55)56-38-32-47(33-39-56)49-18-17-19-50(44-49)48-34-40-58(41-35-48)69-64-31-16-14-29-60(64)62-46-52(37-43-66(62)69)51-36-42-65-61(45-51)59-28-13-15-30-63(59)68(65)57-26-11-4-12-27-57;50-32-33-10-8-11-35(28-33)37-13-9-12-36(29-37)34-20-24-41(25-21-34)52-47-19-7-5-17-43(47)45-31-39(23-27-49(45)52)38-22-26-48-44(30-38)42-16-4-6-18-46(42)51(48)40-14-2-1-3-15-40/h1-46H;1-31H. The van der Waals surface area contributed by atoms with E-state index in [1.54, 1.807) is 0 Å². The van der Waals surface area contributed by atoms with E-state index >= 15 is 0 Å². The van der Waals surface area contributed by atoms with Crippen molar-refractivity contribution in [1.82, 2.24) is 18.3 Å². The van der Waals surface area contributed by atoms with Gasteiger partial charge in [-0.2, -0.15) is 5.26 Å². The molecule has 566 valence electrons. The minimum Gasteiger partial charge on any atom is -0.309 e. The number of hydrogen-bond donors (Lipinski definition) is 0. The number of benzene rings is 19. The Kier molecular flexibility index (Phi) is 17.8. The molecule has 5 heteroatoms. The maximum Gasteiger partial charge on any atom is 0.0991 e. The zero-order valence-corrected chi connectivity index (χ0v) is 66.2. The molecule has 0 fully saturated rings. The first kappa shape index (κ1) is 71.4. The lowest BCUT2D eigenvalue weighted by Crippen LogP contribution is -2.30. The Labute approximate surface area is 701 Å². The number of aromatic nitrogens is 4. The minimum atomic E-state index is -0.480. The van der Waals surface area contributed by atoms with Crippen LogP contribution >= 0.6 is 0 Å². The maximum atomic E-state index is 9.39. The number of nitrogens with zero attached hydrogens (tertiary/aromatic N) is 5. The van der Waals surface area contributed by atoms with Gasteiger partial charge in [0.2, 0.25) is 0 Å². The van der Waals surface area contributed by atoms with E-state index in [9.17, 15) is 5.26 Å². The Hall–Kier alpha value is -16.1. The van der Waals surface area contributed by atoms with Crippen molar-refractivity contribution in [3.05, 3.63) is 495 Å². The molecule has 0 saturated carbocycles. The summed E-state index contributed by atoms with van der Waals surface area (Å²) in [6.45, 7) is 0. The van der Waals surface area contributed by atoms with Gasteiger partial charge >= 0.3 is 0 Å². The number of rotatable bonds is 14. The summed E-state index contributed by atoms with van der Waals surface area (Å²) < 4.78 is 9.52. The first-order chi connectivity index (χ1) is 59.9. The van der Waals surface area contributed by atoms with E-state index in [0.717, 1.165) is 33.6 Å². The minimum absolute atomic E-state index is 0.480. The fraction of sp³-hybridized carbons (Fsp3) is 0.00862. The second-order valence-electron chi connectivity index (χ2n) is 31.4. The molecule has 0 amide bonds. The van der Waals surface area contributed by atoms with E-state index in [-0.39, 0.29) is 0 Å². The largest absolute Gasteiger partial charge is 0.309 e. The molecule has 4 heterocycles. The van der Waals surface area contributed by atoms with Crippen molar-refractivity contribution < 1.29 is 0 Å².